The van der Waals surface area contributed by atoms with E-state index in [1.165, 1.54) is 0 Å². The molecule has 0 aromatic carbocycles. The van der Waals surface area contributed by atoms with Gasteiger partial charge in [-0.2, -0.15) is 0 Å². The minimum absolute atomic E-state index is 0.134. The van der Waals surface area contributed by atoms with Crippen LogP contribution in [0.25, 0.3) is 0 Å². The van der Waals surface area contributed by atoms with Gasteiger partial charge in [0.2, 0.25) is 0 Å². The van der Waals surface area contributed by atoms with Crippen molar-refractivity contribution in [2.45, 2.75) is 10.3 Å². The van der Waals surface area contributed by atoms with Crippen LogP contribution in [-0.4, -0.2) is 11.5 Å². The van der Waals surface area contributed by atoms with Crippen molar-refractivity contribution in [1.82, 2.24) is 4.98 Å². The molecule has 2 rings (SSSR count). The predicted octanol–water partition coefficient (Wildman–Crippen LogP) is 2.47. The van der Waals surface area contributed by atoms with E-state index in [4.69, 9.17) is 10.2 Å². The Kier molecular flexibility index (Phi) is 3.42. The van der Waals surface area contributed by atoms with Crippen molar-refractivity contribution < 1.29 is 4.42 Å². The minimum Gasteiger partial charge on any atom is -0.468 e. The molecule has 1 atom stereocenters. The number of aromatic nitrogens is 1. The zero-order valence-electron chi connectivity index (χ0n) is 8.17. The summed E-state index contributed by atoms with van der Waals surface area (Å²) >= 11 is 1.62. The monoisotopic (exact) mass is 220 g/mol. The van der Waals surface area contributed by atoms with Crippen LogP contribution in [0.4, 0.5) is 0 Å². The van der Waals surface area contributed by atoms with Crippen LogP contribution in [-0.2, 0) is 0 Å². The Morgan fingerprint density at radius 1 is 1.33 bits per heavy atom. The van der Waals surface area contributed by atoms with Crippen LogP contribution in [0, 0.1) is 0 Å². The Balaban J connectivity index is 2.10. The summed E-state index contributed by atoms with van der Waals surface area (Å²) in [7, 11) is 0. The highest BCUT2D eigenvalue weighted by Gasteiger charge is 2.14. The van der Waals surface area contributed by atoms with Gasteiger partial charge in [-0.25, -0.2) is 4.98 Å². The number of rotatable bonds is 4. The van der Waals surface area contributed by atoms with Crippen molar-refractivity contribution in [3.63, 3.8) is 0 Å². The van der Waals surface area contributed by atoms with Crippen molar-refractivity contribution in [1.29, 1.82) is 0 Å². The molecular weight excluding hydrogens is 208 g/mol. The molecule has 0 aliphatic heterocycles. The van der Waals surface area contributed by atoms with E-state index in [1.807, 2.05) is 30.3 Å². The largest absolute Gasteiger partial charge is 0.468 e. The highest BCUT2D eigenvalue weighted by molar-refractivity contribution is 7.99. The van der Waals surface area contributed by atoms with Crippen LogP contribution in [0.5, 0.6) is 0 Å². The summed E-state index contributed by atoms with van der Waals surface area (Å²) in [4.78, 5) is 4.24. The van der Waals surface area contributed by atoms with Crippen molar-refractivity contribution >= 4 is 11.8 Å². The van der Waals surface area contributed by atoms with E-state index >= 15 is 0 Å². The molecule has 0 spiro atoms. The van der Waals surface area contributed by atoms with Gasteiger partial charge in [0.1, 0.15) is 5.76 Å². The fourth-order valence-corrected chi connectivity index (χ4v) is 2.18. The van der Waals surface area contributed by atoms with Gasteiger partial charge in [0.05, 0.1) is 16.5 Å². The van der Waals surface area contributed by atoms with Crippen molar-refractivity contribution in [2.24, 2.45) is 5.73 Å². The van der Waals surface area contributed by atoms with Gasteiger partial charge < -0.3 is 10.2 Å². The van der Waals surface area contributed by atoms with E-state index in [1.54, 1.807) is 24.2 Å². The van der Waals surface area contributed by atoms with Crippen molar-refractivity contribution in [3.05, 3.63) is 48.6 Å². The number of hydrogen-bond donors (Lipinski definition) is 1. The lowest BCUT2D eigenvalue weighted by Crippen LogP contribution is -2.08. The Bertz CT molecular complexity index is 388. The first-order valence-electron chi connectivity index (χ1n) is 4.71. The fraction of sp³-hybridized carbons (Fsp3) is 0.182. The van der Waals surface area contributed by atoms with Gasteiger partial charge in [-0.05, 0) is 24.3 Å². The Hall–Kier alpha value is -1.26. The van der Waals surface area contributed by atoms with Gasteiger partial charge in [0.15, 0.2) is 0 Å². The standard InChI is InChI=1S/C11H12N2OS/c12-8-10(9-4-3-7-14-9)15-11-5-1-2-6-13-11/h1-7,10H,8,12H2. The van der Waals surface area contributed by atoms with E-state index in [2.05, 4.69) is 4.98 Å². The van der Waals surface area contributed by atoms with Crippen LogP contribution in [0.2, 0.25) is 0 Å². The zero-order valence-corrected chi connectivity index (χ0v) is 8.98. The Morgan fingerprint density at radius 3 is 2.87 bits per heavy atom. The van der Waals surface area contributed by atoms with E-state index in [-0.39, 0.29) is 5.25 Å². The molecule has 1 unspecified atom stereocenters. The lowest BCUT2D eigenvalue weighted by atomic mass is 10.3. The summed E-state index contributed by atoms with van der Waals surface area (Å²) in [6.07, 6.45) is 3.44. The summed E-state index contributed by atoms with van der Waals surface area (Å²) in [5, 5.41) is 1.10. The van der Waals surface area contributed by atoms with Gasteiger partial charge in [-0.1, -0.05) is 17.8 Å². The number of pyridine rings is 1. The highest BCUT2D eigenvalue weighted by Crippen LogP contribution is 2.32. The molecule has 15 heavy (non-hydrogen) atoms. The van der Waals surface area contributed by atoms with Crippen LogP contribution in [0.3, 0.4) is 0 Å². The first kappa shape index (κ1) is 10.3. The summed E-state index contributed by atoms with van der Waals surface area (Å²) in [5.41, 5.74) is 5.70. The Morgan fingerprint density at radius 2 is 2.27 bits per heavy atom. The second-order valence-electron chi connectivity index (χ2n) is 3.03. The molecule has 0 saturated heterocycles. The number of hydrogen-bond acceptors (Lipinski definition) is 4. The van der Waals surface area contributed by atoms with Crippen LogP contribution < -0.4 is 5.73 Å². The van der Waals surface area contributed by atoms with E-state index in [9.17, 15) is 0 Å². The predicted molar refractivity (Wildman–Crippen MR) is 60.6 cm³/mol. The summed E-state index contributed by atoms with van der Waals surface area (Å²) in [5.74, 6) is 0.896. The molecule has 2 aromatic heterocycles. The van der Waals surface area contributed by atoms with Crippen LogP contribution in [0.15, 0.2) is 52.2 Å². The topological polar surface area (TPSA) is 52.0 Å². The molecule has 0 bridgehead atoms. The molecule has 0 radical (unpaired) electrons. The third-order valence-corrected chi connectivity index (χ3v) is 3.17. The smallest absolute Gasteiger partial charge is 0.118 e. The molecular formula is C11H12N2OS. The molecule has 2 N–H and O–H groups in total. The minimum atomic E-state index is 0.134. The average molecular weight is 220 g/mol. The van der Waals surface area contributed by atoms with E-state index in [0.717, 1.165) is 10.8 Å². The average Bonchev–Trinajstić information content (AvgIpc) is 2.81. The molecule has 78 valence electrons. The summed E-state index contributed by atoms with van der Waals surface area (Å²) < 4.78 is 5.33. The summed E-state index contributed by atoms with van der Waals surface area (Å²) in [6.45, 7) is 0.536. The SMILES string of the molecule is NCC(Sc1ccccn1)c1ccco1. The molecule has 2 heterocycles. The molecule has 0 saturated carbocycles. The molecule has 0 aliphatic rings. The van der Waals surface area contributed by atoms with Crippen LogP contribution in [0.1, 0.15) is 11.0 Å². The molecule has 0 fully saturated rings. The molecule has 2 aromatic rings. The van der Waals surface area contributed by atoms with E-state index in [0.29, 0.717) is 6.54 Å². The summed E-state index contributed by atoms with van der Waals surface area (Å²) in [6, 6.07) is 9.64. The van der Waals surface area contributed by atoms with Gasteiger partial charge in [0, 0.05) is 12.7 Å². The maximum absolute atomic E-state index is 5.70. The number of thioether (sulfide) groups is 1. The van der Waals surface area contributed by atoms with Crippen LogP contribution >= 0.6 is 11.8 Å². The quantitative estimate of drug-likeness (QED) is 0.804. The maximum atomic E-state index is 5.70. The maximum Gasteiger partial charge on any atom is 0.118 e. The van der Waals surface area contributed by atoms with Gasteiger partial charge >= 0.3 is 0 Å². The third kappa shape index (κ3) is 2.61. The van der Waals surface area contributed by atoms with E-state index < -0.39 is 0 Å². The van der Waals surface area contributed by atoms with Gasteiger partial charge in [-0.15, -0.1) is 0 Å². The van der Waals surface area contributed by atoms with Gasteiger partial charge in [0.25, 0.3) is 0 Å². The number of furan rings is 1. The third-order valence-electron chi connectivity index (χ3n) is 1.98. The molecule has 0 aliphatic carbocycles. The van der Waals surface area contributed by atoms with Gasteiger partial charge in [-0.3, -0.25) is 0 Å². The normalized spacial score (nSPS) is 12.6. The highest BCUT2D eigenvalue weighted by atomic mass is 32.2. The number of nitrogens with zero attached hydrogens (tertiary/aromatic N) is 1. The van der Waals surface area contributed by atoms with Crippen molar-refractivity contribution in [2.75, 3.05) is 6.54 Å². The first-order chi connectivity index (χ1) is 7.40. The lowest BCUT2D eigenvalue weighted by Gasteiger charge is -2.10. The second kappa shape index (κ2) is 5.00. The zero-order chi connectivity index (χ0) is 10.5. The molecule has 0 amide bonds. The second-order valence-corrected chi connectivity index (χ2v) is 4.25. The number of nitrogens with two attached hydrogens (primary N) is 1. The molecule has 4 heteroatoms. The molecule has 3 nitrogen and oxygen atoms in total. The Labute approximate surface area is 92.7 Å². The lowest BCUT2D eigenvalue weighted by molar-refractivity contribution is 0.507. The van der Waals surface area contributed by atoms with Crippen molar-refractivity contribution in [3.8, 4) is 0 Å². The first-order valence-corrected chi connectivity index (χ1v) is 5.59. The fourth-order valence-electron chi connectivity index (χ4n) is 1.26.